The molecule has 0 aliphatic rings. The van der Waals surface area contributed by atoms with Gasteiger partial charge in [0.2, 0.25) is 5.91 Å². The largest absolute Gasteiger partial charge is 0.477 e. The van der Waals surface area contributed by atoms with Gasteiger partial charge in [0, 0.05) is 23.5 Å². The van der Waals surface area contributed by atoms with Crippen molar-refractivity contribution >= 4 is 40.1 Å². The average molecular weight is 371 g/mol. The number of aryl methyl sites for hydroxylation is 3. The van der Waals surface area contributed by atoms with Crippen molar-refractivity contribution in [2.75, 3.05) is 5.32 Å². The number of carbonyl (C=O) groups excluding carboxylic acids is 1. The number of hydrogen-bond acceptors (Lipinski definition) is 2. The Labute approximate surface area is 156 Å². The number of fused-ring (bicyclic) bond motifs is 1. The SMILES string of the molecule is Cc1ccc(NC(=O)Cc2c(C(=O)O)n(C)c3ccc(C)cc23)c(Cl)c1. The highest BCUT2D eigenvalue weighted by molar-refractivity contribution is 6.33. The highest BCUT2D eigenvalue weighted by Gasteiger charge is 2.22. The third-order valence-electron chi connectivity index (χ3n) is 4.40. The Morgan fingerprint density at radius 3 is 2.42 bits per heavy atom. The molecule has 0 unspecified atom stereocenters. The molecule has 1 amide bonds. The number of hydrogen-bond donors (Lipinski definition) is 2. The molecule has 3 aromatic rings. The van der Waals surface area contributed by atoms with Crippen LogP contribution >= 0.6 is 11.6 Å². The maximum atomic E-state index is 12.6. The van der Waals surface area contributed by atoms with Crippen molar-refractivity contribution in [3.05, 3.63) is 63.8 Å². The fourth-order valence-corrected chi connectivity index (χ4v) is 3.44. The maximum Gasteiger partial charge on any atom is 0.352 e. The van der Waals surface area contributed by atoms with Crippen molar-refractivity contribution < 1.29 is 14.7 Å². The molecule has 6 heteroatoms. The van der Waals surface area contributed by atoms with Crippen LogP contribution in [0, 0.1) is 13.8 Å². The van der Waals surface area contributed by atoms with E-state index in [0.717, 1.165) is 22.0 Å². The lowest BCUT2D eigenvalue weighted by atomic mass is 10.0. The second-order valence-corrected chi connectivity index (χ2v) is 6.83. The van der Waals surface area contributed by atoms with Gasteiger partial charge in [0.1, 0.15) is 5.69 Å². The van der Waals surface area contributed by atoms with Gasteiger partial charge in [-0.2, -0.15) is 0 Å². The van der Waals surface area contributed by atoms with Gasteiger partial charge < -0.3 is 15.0 Å². The van der Waals surface area contributed by atoms with Gasteiger partial charge in [-0.1, -0.05) is 29.3 Å². The van der Waals surface area contributed by atoms with Crippen LogP contribution in [0.25, 0.3) is 10.9 Å². The summed E-state index contributed by atoms with van der Waals surface area (Å²) >= 11 is 6.17. The molecule has 2 N–H and O–H groups in total. The molecule has 0 radical (unpaired) electrons. The monoisotopic (exact) mass is 370 g/mol. The fraction of sp³-hybridized carbons (Fsp3) is 0.200. The molecule has 134 valence electrons. The van der Waals surface area contributed by atoms with Crippen molar-refractivity contribution in [3.63, 3.8) is 0 Å². The summed E-state index contributed by atoms with van der Waals surface area (Å²) in [5, 5.41) is 13.6. The van der Waals surface area contributed by atoms with E-state index in [4.69, 9.17) is 11.6 Å². The van der Waals surface area contributed by atoms with Crippen LogP contribution in [0.5, 0.6) is 0 Å². The average Bonchev–Trinajstić information content (AvgIpc) is 2.82. The lowest BCUT2D eigenvalue weighted by molar-refractivity contribution is -0.115. The zero-order chi connectivity index (χ0) is 19.0. The first-order chi connectivity index (χ1) is 12.3. The summed E-state index contributed by atoms with van der Waals surface area (Å²) in [5.41, 5.74) is 3.91. The number of carbonyl (C=O) groups is 2. The third kappa shape index (κ3) is 3.30. The van der Waals surface area contributed by atoms with E-state index in [-0.39, 0.29) is 18.0 Å². The smallest absolute Gasteiger partial charge is 0.352 e. The molecule has 0 fully saturated rings. The summed E-state index contributed by atoms with van der Waals surface area (Å²) in [7, 11) is 1.69. The molecule has 0 saturated carbocycles. The van der Waals surface area contributed by atoms with Gasteiger partial charge in [-0.05, 0) is 43.7 Å². The van der Waals surface area contributed by atoms with E-state index in [2.05, 4.69) is 5.32 Å². The van der Waals surface area contributed by atoms with E-state index in [0.29, 0.717) is 16.3 Å². The highest BCUT2D eigenvalue weighted by atomic mass is 35.5. The Morgan fingerprint density at radius 2 is 1.77 bits per heavy atom. The second-order valence-electron chi connectivity index (χ2n) is 6.42. The molecule has 5 nitrogen and oxygen atoms in total. The number of amides is 1. The Kier molecular flexibility index (Phi) is 4.74. The van der Waals surface area contributed by atoms with Crippen molar-refractivity contribution in [2.45, 2.75) is 20.3 Å². The number of halogens is 1. The number of benzene rings is 2. The molecule has 0 atom stereocenters. The molecular weight excluding hydrogens is 352 g/mol. The second kappa shape index (κ2) is 6.84. The van der Waals surface area contributed by atoms with Crippen molar-refractivity contribution in [1.82, 2.24) is 4.57 Å². The minimum Gasteiger partial charge on any atom is -0.477 e. The number of nitrogens with one attached hydrogen (secondary N) is 1. The molecule has 3 rings (SSSR count). The summed E-state index contributed by atoms with van der Waals surface area (Å²) in [6.07, 6.45) is -0.0490. The number of rotatable bonds is 4. The zero-order valence-corrected chi connectivity index (χ0v) is 15.5. The summed E-state index contributed by atoms with van der Waals surface area (Å²) in [5.74, 6) is -1.37. The first kappa shape index (κ1) is 18.0. The molecule has 1 heterocycles. The van der Waals surface area contributed by atoms with Crippen LogP contribution in [0.2, 0.25) is 5.02 Å². The lowest BCUT2D eigenvalue weighted by Crippen LogP contribution is -2.17. The van der Waals surface area contributed by atoms with E-state index in [9.17, 15) is 14.7 Å². The van der Waals surface area contributed by atoms with E-state index in [1.165, 1.54) is 0 Å². The predicted octanol–water partition coefficient (Wildman–Crippen LogP) is 4.33. The van der Waals surface area contributed by atoms with Gasteiger partial charge in [-0.3, -0.25) is 4.79 Å². The fourth-order valence-electron chi connectivity index (χ4n) is 3.16. The number of aromatic nitrogens is 1. The third-order valence-corrected chi connectivity index (χ3v) is 4.71. The van der Waals surface area contributed by atoms with Gasteiger partial charge in [0.25, 0.3) is 0 Å². The van der Waals surface area contributed by atoms with Crippen LogP contribution in [-0.4, -0.2) is 21.6 Å². The van der Waals surface area contributed by atoms with Gasteiger partial charge in [-0.15, -0.1) is 0 Å². The first-order valence-electron chi connectivity index (χ1n) is 8.15. The van der Waals surface area contributed by atoms with Crippen LogP contribution < -0.4 is 5.32 Å². The van der Waals surface area contributed by atoms with Crippen molar-refractivity contribution in [1.29, 1.82) is 0 Å². The Morgan fingerprint density at radius 1 is 1.12 bits per heavy atom. The van der Waals surface area contributed by atoms with Crippen LogP contribution in [0.3, 0.4) is 0 Å². The number of nitrogens with zero attached hydrogens (tertiary/aromatic N) is 1. The maximum absolute atomic E-state index is 12.6. The van der Waals surface area contributed by atoms with Gasteiger partial charge >= 0.3 is 5.97 Å². The summed E-state index contributed by atoms with van der Waals surface area (Å²) in [4.78, 5) is 24.3. The quantitative estimate of drug-likeness (QED) is 0.718. The zero-order valence-electron chi connectivity index (χ0n) is 14.8. The molecule has 26 heavy (non-hydrogen) atoms. The first-order valence-corrected chi connectivity index (χ1v) is 8.53. The number of aromatic carboxylic acids is 1. The van der Waals surface area contributed by atoms with Gasteiger partial charge in [0.15, 0.2) is 0 Å². The molecule has 0 bridgehead atoms. The minimum absolute atomic E-state index is 0.0490. The van der Waals surface area contributed by atoms with E-state index in [1.54, 1.807) is 23.7 Å². The Hall–Kier alpha value is -2.79. The molecular formula is C20H19ClN2O3. The van der Waals surface area contributed by atoms with Gasteiger partial charge in [-0.25, -0.2) is 4.79 Å². The molecule has 0 aliphatic heterocycles. The van der Waals surface area contributed by atoms with Crippen LogP contribution in [0.4, 0.5) is 5.69 Å². The standard InChI is InChI=1S/C20H19ClN2O3/c1-11-5-7-17-13(8-11)14(19(20(25)26)23(17)3)10-18(24)22-16-6-4-12(2)9-15(16)21/h4-9H,10H2,1-3H3,(H,22,24)(H,25,26). The summed E-state index contributed by atoms with van der Waals surface area (Å²) in [6, 6.07) is 11.1. The molecule has 0 spiro atoms. The van der Waals surface area contributed by atoms with Crippen LogP contribution in [0.15, 0.2) is 36.4 Å². The van der Waals surface area contributed by atoms with E-state index < -0.39 is 5.97 Å². The molecule has 1 aromatic heterocycles. The van der Waals surface area contributed by atoms with Crippen molar-refractivity contribution in [2.24, 2.45) is 7.05 Å². The lowest BCUT2D eigenvalue weighted by Gasteiger charge is -2.08. The number of carboxylic acids is 1. The molecule has 2 aromatic carbocycles. The topological polar surface area (TPSA) is 71.3 Å². The normalized spacial score (nSPS) is 10.9. The van der Waals surface area contributed by atoms with Crippen LogP contribution in [-0.2, 0) is 18.3 Å². The Bertz CT molecular complexity index is 1040. The van der Waals surface area contributed by atoms with E-state index >= 15 is 0 Å². The van der Waals surface area contributed by atoms with Crippen LogP contribution in [0.1, 0.15) is 27.2 Å². The van der Waals surface area contributed by atoms with Crippen molar-refractivity contribution in [3.8, 4) is 0 Å². The highest BCUT2D eigenvalue weighted by Crippen LogP contribution is 2.28. The van der Waals surface area contributed by atoms with Gasteiger partial charge in [0.05, 0.1) is 17.1 Å². The van der Waals surface area contributed by atoms with E-state index in [1.807, 2.05) is 38.1 Å². The number of carboxylic acid groups (broad SMARTS) is 1. The Balaban J connectivity index is 1.99. The minimum atomic E-state index is -1.06. The summed E-state index contributed by atoms with van der Waals surface area (Å²) in [6.45, 7) is 3.85. The molecule has 0 aliphatic carbocycles. The summed E-state index contributed by atoms with van der Waals surface area (Å²) < 4.78 is 1.61. The predicted molar refractivity (Wildman–Crippen MR) is 103 cm³/mol. The molecule has 0 saturated heterocycles. The number of anilines is 1.